The number of nitrogens with zero attached hydrogens (tertiary/aromatic N) is 1. The van der Waals surface area contributed by atoms with E-state index in [2.05, 4.69) is 15.2 Å². The smallest absolute Gasteiger partial charge is 0.292 e. The largest absolute Gasteiger partial charge is 0.379 e. The van der Waals surface area contributed by atoms with Crippen LogP contribution in [0.3, 0.4) is 0 Å². The van der Waals surface area contributed by atoms with Gasteiger partial charge in [0.25, 0.3) is 11.7 Å². The Morgan fingerprint density at radius 3 is 2.87 bits per heavy atom. The third kappa shape index (κ3) is 3.57. The summed E-state index contributed by atoms with van der Waals surface area (Å²) in [5.41, 5.74) is 0.748. The molecule has 2 N–H and O–H groups in total. The van der Waals surface area contributed by atoms with E-state index in [0.29, 0.717) is 37.2 Å². The molecule has 1 saturated heterocycles. The fourth-order valence-electron chi connectivity index (χ4n) is 2.64. The molecule has 0 bridgehead atoms. The van der Waals surface area contributed by atoms with Gasteiger partial charge in [-0.2, -0.15) is 0 Å². The number of benzene rings is 1. The van der Waals surface area contributed by atoms with Crippen molar-refractivity contribution < 1.29 is 18.7 Å². The highest BCUT2D eigenvalue weighted by atomic mass is 19.1. The van der Waals surface area contributed by atoms with Gasteiger partial charge in [-0.15, -0.1) is 0 Å². The number of hydrogen-bond acceptors (Lipinski definition) is 4. The summed E-state index contributed by atoms with van der Waals surface area (Å²) in [4.78, 5) is 29.2. The monoisotopic (exact) mass is 319 g/mol. The molecule has 0 atom stereocenters. The second kappa shape index (κ2) is 6.89. The van der Waals surface area contributed by atoms with Crippen LogP contribution in [0, 0.1) is 5.82 Å². The number of H-pyrrole nitrogens is 1. The second-order valence-electron chi connectivity index (χ2n) is 5.43. The van der Waals surface area contributed by atoms with Gasteiger partial charge in [0, 0.05) is 43.3 Å². The van der Waals surface area contributed by atoms with Crippen LogP contribution in [0.4, 0.5) is 4.39 Å². The van der Waals surface area contributed by atoms with Crippen LogP contribution >= 0.6 is 0 Å². The van der Waals surface area contributed by atoms with Gasteiger partial charge in [-0.3, -0.25) is 14.5 Å². The van der Waals surface area contributed by atoms with E-state index < -0.39 is 17.5 Å². The fraction of sp³-hybridized carbons (Fsp3) is 0.375. The molecule has 0 saturated carbocycles. The lowest BCUT2D eigenvalue weighted by molar-refractivity contribution is -0.117. The quantitative estimate of drug-likeness (QED) is 0.635. The molecule has 2 aromatic rings. The number of fused-ring (bicyclic) bond motifs is 1. The summed E-state index contributed by atoms with van der Waals surface area (Å²) >= 11 is 0. The minimum atomic E-state index is -0.650. The summed E-state index contributed by atoms with van der Waals surface area (Å²) in [6.07, 6.45) is 1.44. The van der Waals surface area contributed by atoms with Crippen molar-refractivity contribution in [2.45, 2.75) is 0 Å². The van der Waals surface area contributed by atoms with Crippen molar-refractivity contribution in [2.75, 3.05) is 39.4 Å². The maximum atomic E-state index is 13.2. The Bertz CT molecular complexity index is 722. The summed E-state index contributed by atoms with van der Waals surface area (Å²) < 4.78 is 18.4. The lowest BCUT2D eigenvalue weighted by Crippen LogP contribution is -2.42. The zero-order valence-corrected chi connectivity index (χ0v) is 12.6. The van der Waals surface area contributed by atoms with E-state index in [1.165, 1.54) is 24.4 Å². The van der Waals surface area contributed by atoms with Gasteiger partial charge in [-0.25, -0.2) is 4.39 Å². The number of rotatable bonds is 5. The van der Waals surface area contributed by atoms with Crippen molar-refractivity contribution in [1.29, 1.82) is 0 Å². The number of carbonyl (C=O) groups excluding carboxylic acids is 2. The van der Waals surface area contributed by atoms with Crippen molar-refractivity contribution in [3.05, 3.63) is 35.8 Å². The fourth-order valence-corrected chi connectivity index (χ4v) is 2.64. The van der Waals surface area contributed by atoms with Gasteiger partial charge >= 0.3 is 0 Å². The van der Waals surface area contributed by atoms with Crippen molar-refractivity contribution in [1.82, 2.24) is 15.2 Å². The van der Waals surface area contributed by atoms with Gasteiger partial charge in [0.15, 0.2) is 0 Å². The predicted octanol–water partition coefficient (Wildman–Crippen LogP) is 0.938. The van der Waals surface area contributed by atoms with Crippen LogP contribution in [0.15, 0.2) is 24.4 Å². The summed E-state index contributed by atoms with van der Waals surface area (Å²) in [5.74, 6) is -1.67. The van der Waals surface area contributed by atoms with Crippen LogP contribution in [-0.4, -0.2) is 61.0 Å². The summed E-state index contributed by atoms with van der Waals surface area (Å²) in [6, 6.07) is 4.06. The third-order valence-electron chi connectivity index (χ3n) is 3.91. The van der Waals surface area contributed by atoms with Crippen molar-refractivity contribution in [3.8, 4) is 0 Å². The molecule has 6 nitrogen and oxygen atoms in total. The molecule has 0 aliphatic carbocycles. The molecule has 3 rings (SSSR count). The molecule has 1 fully saturated rings. The Labute approximate surface area is 132 Å². The standard InChI is InChI=1S/C16H18FN3O3/c17-11-1-2-12-13(10-19-14(12)9-11)15(21)16(22)18-3-4-20-5-7-23-8-6-20/h1-2,9-10,19H,3-8H2,(H,18,22). The first-order valence-corrected chi connectivity index (χ1v) is 7.54. The van der Waals surface area contributed by atoms with Gasteiger partial charge in [-0.05, 0) is 18.2 Å². The van der Waals surface area contributed by atoms with E-state index >= 15 is 0 Å². The van der Waals surface area contributed by atoms with E-state index in [0.717, 1.165) is 13.1 Å². The Morgan fingerprint density at radius 1 is 1.30 bits per heavy atom. The van der Waals surface area contributed by atoms with Crippen LogP contribution < -0.4 is 5.32 Å². The van der Waals surface area contributed by atoms with Gasteiger partial charge in [-0.1, -0.05) is 0 Å². The molecule has 23 heavy (non-hydrogen) atoms. The predicted molar refractivity (Wildman–Crippen MR) is 82.9 cm³/mol. The third-order valence-corrected chi connectivity index (χ3v) is 3.91. The van der Waals surface area contributed by atoms with Crippen molar-refractivity contribution in [3.63, 3.8) is 0 Å². The normalized spacial score (nSPS) is 15.7. The number of amides is 1. The minimum Gasteiger partial charge on any atom is -0.379 e. The summed E-state index contributed by atoms with van der Waals surface area (Å²) in [6.45, 7) is 4.14. The molecule has 2 heterocycles. The van der Waals surface area contributed by atoms with E-state index in [1.807, 2.05) is 0 Å². The number of carbonyl (C=O) groups is 2. The molecule has 122 valence electrons. The average Bonchev–Trinajstić information content (AvgIpc) is 2.98. The first kappa shape index (κ1) is 15.6. The lowest BCUT2D eigenvalue weighted by atomic mass is 10.1. The molecule has 0 spiro atoms. The maximum Gasteiger partial charge on any atom is 0.292 e. The van der Waals surface area contributed by atoms with Crippen LogP contribution in [0.1, 0.15) is 10.4 Å². The Morgan fingerprint density at radius 2 is 2.09 bits per heavy atom. The number of hydrogen-bond donors (Lipinski definition) is 2. The Hall–Kier alpha value is -2.25. The lowest BCUT2D eigenvalue weighted by Gasteiger charge is -2.26. The number of halogens is 1. The zero-order valence-electron chi connectivity index (χ0n) is 12.6. The Kier molecular flexibility index (Phi) is 4.68. The minimum absolute atomic E-state index is 0.254. The summed E-state index contributed by atoms with van der Waals surface area (Å²) in [7, 11) is 0. The van der Waals surface area contributed by atoms with Gasteiger partial charge in [0.2, 0.25) is 0 Å². The second-order valence-corrected chi connectivity index (χ2v) is 5.43. The van der Waals surface area contributed by atoms with Crippen LogP contribution in [0.5, 0.6) is 0 Å². The highest BCUT2D eigenvalue weighted by Gasteiger charge is 2.20. The number of ketones is 1. The SMILES string of the molecule is O=C(NCCN1CCOCC1)C(=O)c1c[nH]c2cc(F)ccc12. The van der Waals surface area contributed by atoms with Crippen molar-refractivity contribution >= 4 is 22.6 Å². The highest BCUT2D eigenvalue weighted by Crippen LogP contribution is 2.19. The molecule has 1 aromatic carbocycles. The molecular formula is C16H18FN3O3. The highest BCUT2D eigenvalue weighted by molar-refractivity contribution is 6.44. The van der Waals surface area contributed by atoms with Crippen LogP contribution in [0.2, 0.25) is 0 Å². The number of aromatic amines is 1. The first-order valence-electron chi connectivity index (χ1n) is 7.54. The van der Waals surface area contributed by atoms with Crippen molar-refractivity contribution in [2.24, 2.45) is 0 Å². The van der Waals surface area contributed by atoms with Gasteiger partial charge in [0.1, 0.15) is 5.82 Å². The zero-order chi connectivity index (χ0) is 16.2. The molecule has 0 unspecified atom stereocenters. The van der Waals surface area contributed by atoms with Crippen LogP contribution in [0.25, 0.3) is 10.9 Å². The Balaban J connectivity index is 1.59. The number of morpholine rings is 1. The van der Waals surface area contributed by atoms with E-state index in [4.69, 9.17) is 4.74 Å². The molecular weight excluding hydrogens is 301 g/mol. The number of ether oxygens (including phenoxy) is 1. The molecule has 0 radical (unpaired) electrons. The maximum absolute atomic E-state index is 13.2. The molecule has 7 heteroatoms. The van der Waals surface area contributed by atoms with Gasteiger partial charge in [0.05, 0.1) is 18.8 Å². The number of nitrogens with one attached hydrogen (secondary N) is 2. The molecule has 1 aromatic heterocycles. The molecule has 1 amide bonds. The molecule has 1 aliphatic heterocycles. The number of aromatic nitrogens is 1. The molecule has 1 aliphatic rings. The van der Waals surface area contributed by atoms with E-state index in [-0.39, 0.29) is 5.56 Å². The topological polar surface area (TPSA) is 74.4 Å². The van der Waals surface area contributed by atoms with Gasteiger partial charge < -0.3 is 15.0 Å². The van der Waals surface area contributed by atoms with E-state index in [1.54, 1.807) is 0 Å². The average molecular weight is 319 g/mol. The van der Waals surface area contributed by atoms with Crippen LogP contribution in [-0.2, 0) is 9.53 Å². The summed E-state index contributed by atoms with van der Waals surface area (Å²) in [5, 5.41) is 3.18. The number of Topliss-reactive ketones (excluding diaryl/α,β-unsaturated/α-hetero) is 1. The van der Waals surface area contributed by atoms with E-state index in [9.17, 15) is 14.0 Å². The first-order chi connectivity index (χ1) is 11.1.